The molecule has 1 N–H and O–H groups in total. The van der Waals surface area contributed by atoms with Crippen molar-refractivity contribution < 1.29 is 14.3 Å². The molecule has 22 heavy (non-hydrogen) atoms. The fourth-order valence-corrected chi connectivity index (χ4v) is 2.32. The number of carbonyl (C=O) groups is 1. The summed E-state index contributed by atoms with van der Waals surface area (Å²) in [6, 6.07) is 8.65. The topological polar surface area (TPSA) is 77.8 Å². The van der Waals surface area contributed by atoms with Gasteiger partial charge in [0.15, 0.2) is 17.1 Å². The summed E-state index contributed by atoms with van der Waals surface area (Å²) in [7, 11) is 0. The van der Waals surface area contributed by atoms with Crippen molar-refractivity contribution in [1.29, 1.82) is 0 Å². The second-order valence-electron chi connectivity index (χ2n) is 4.74. The summed E-state index contributed by atoms with van der Waals surface area (Å²) in [6.45, 7) is 1.04. The number of anilines is 1. The first-order valence-corrected chi connectivity index (χ1v) is 6.81. The predicted octanol–water partition coefficient (Wildman–Crippen LogP) is 1.75. The average molecular weight is 296 g/mol. The van der Waals surface area contributed by atoms with Crippen molar-refractivity contribution in [3.8, 4) is 11.5 Å². The van der Waals surface area contributed by atoms with Gasteiger partial charge in [0.1, 0.15) is 18.9 Å². The van der Waals surface area contributed by atoms with Crippen molar-refractivity contribution >= 4 is 17.2 Å². The Morgan fingerprint density at radius 2 is 1.95 bits per heavy atom. The zero-order chi connectivity index (χ0) is 14.9. The summed E-state index contributed by atoms with van der Waals surface area (Å²) >= 11 is 0. The van der Waals surface area contributed by atoms with Gasteiger partial charge in [0.2, 0.25) is 0 Å². The van der Waals surface area contributed by atoms with Gasteiger partial charge in [-0.25, -0.2) is 9.50 Å². The normalized spacial score (nSPS) is 13.1. The highest BCUT2D eigenvalue weighted by molar-refractivity contribution is 6.03. The van der Waals surface area contributed by atoms with E-state index < -0.39 is 0 Å². The van der Waals surface area contributed by atoms with Gasteiger partial charge < -0.3 is 14.8 Å². The first-order valence-electron chi connectivity index (χ1n) is 6.81. The molecule has 1 aromatic carbocycles. The van der Waals surface area contributed by atoms with E-state index in [2.05, 4.69) is 15.4 Å². The highest BCUT2D eigenvalue weighted by Crippen LogP contribution is 2.32. The molecule has 0 unspecified atom stereocenters. The Morgan fingerprint density at radius 3 is 2.86 bits per heavy atom. The number of benzene rings is 1. The van der Waals surface area contributed by atoms with Crippen LogP contribution in [0.5, 0.6) is 11.5 Å². The van der Waals surface area contributed by atoms with Crippen LogP contribution in [0.1, 0.15) is 10.5 Å². The van der Waals surface area contributed by atoms with E-state index in [1.807, 2.05) is 0 Å². The van der Waals surface area contributed by atoms with Gasteiger partial charge in [0.05, 0.1) is 6.20 Å². The van der Waals surface area contributed by atoms with Gasteiger partial charge in [-0.3, -0.25) is 4.79 Å². The first kappa shape index (κ1) is 12.6. The fourth-order valence-electron chi connectivity index (χ4n) is 2.32. The third kappa shape index (κ3) is 2.12. The maximum Gasteiger partial charge on any atom is 0.274 e. The van der Waals surface area contributed by atoms with Crippen LogP contribution in [0.25, 0.3) is 5.65 Å². The van der Waals surface area contributed by atoms with E-state index in [1.165, 1.54) is 4.52 Å². The van der Waals surface area contributed by atoms with Crippen molar-refractivity contribution in [2.75, 3.05) is 18.5 Å². The second-order valence-corrected chi connectivity index (χ2v) is 4.74. The minimum absolute atomic E-state index is 0.271. The quantitative estimate of drug-likeness (QED) is 0.779. The molecule has 0 aliphatic carbocycles. The summed E-state index contributed by atoms with van der Waals surface area (Å²) in [5.41, 5.74) is 1.66. The SMILES string of the molecule is O=C(Nc1ccc2c(c1)OCCO2)c1ccnc2ccnn12. The van der Waals surface area contributed by atoms with Gasteiger partial charge in [-0.05, 0) is 18.2 Å². The molecule has 7 heteroatoms. The molecule has 0 atom stereocenters. The van der Waals surface area contributed by atoms with E-state index in [1.54, 1.807) is 42.7 Å². The maximum absolute atomic E-state index is 12.4. The number of rotatable bonds is 2. The van der Waals surface area contributed by atoms with E-state index in [4.69, 9.17) is 9.47 Å². The van der Waals surface area contributed by atoms with Gasteiger partial charge in [0, 0.05) is 24.0 Å². The molecule has 110 valence electrons. The molecule has 0 fully saturated rings. The molecule has 0 bridgehead atoms. The highest BCUT2D eigenvalue weighted by Gasteiger charge is 2.15. The van der Waals surface area contributed by atoms with Crippen molar-refractivity contribution in [2.45, 2.75) is 0 Å². The zero-order valence-electron chi connectivity index (χ0n) is 11.5. The number of hydrogen-bond acceptors (Lipinski definition) is 5. The molecule has 7 nitrogen and oxygen atoms in total. The Labute approximate surface area is 125 Å². The number of nitrogens with zero attached hydrogens (tertiary/aromatic N) is 3. The van der Waals surface area contributed by atoms with Gasteiger partial charge in [-0.2, -0.15) is 5.10 Å². The van der Waals surface area contributed by atoms with Crippen LogP contribution in [-0.2, 0) is 0 Å². The Morgan fingerprint density at radius 1 is 1.09 bits per heavy atom. The van der Waals surface area contributed by atoms with Crippen LogP contribution in [0.2, 0.25) is 0 Å². The first-order chi connectivity index (χ1) is 10.8. The molecule has 2 aromatic heterocycles. The summed E-state index contributed by atoms with van der Waals surface area (Å²) in [6.07, 6.45) is 3.18. The van der Waals surface area contributed by atoms with Crippen molar-refractivity contribution in [1.82, 2.24) is 14.6 Å². The largest absolute Gasteiger partial charge is 0.486 e. The summed E-state index contributed by atoms with van der Waals surface area (Å²) in [5.74, 6) is 1.04. The van der Waals surface area contributed by atoms with Crippen LogP contribution in [0, 0.1) is 0 Å². The van der Waals surface area contributed by atoms with E-state index in [0.29, 0.717) is 41.7 Å². The van der Waals surface area contributed by atoms with Crippen LogP contribution < -0.4 is 14.8 Å². The second kappa shape index (κ2) is 5.03. The van der Waals surface area contributed by atoms with Crippen LogP contribution in [0.4, 0.5) is 5.69 Å². The minimum atomic E-state index is -0.271. The number of carbonyl (C=O) groups excluding carboxylic acids is 1. The Kier molecular flexibility index (Phi) is 2.89. The Hall–Kier alpha value is -3.09. The number of aromatic nitrogens is 3. The van der Waals surface area contributed by atoms with Crippen LogP contribution in [0.15, 0.2) is 42.7 Å². The van der Waals surface area contributed by atoms with E-state index >= 15 is 0 Å². The lowest BCUT2D eigenvalue weighted by molar-refractivity contribution is 0.101. The number of nitrogens with one attached hydrogen (secondary N) is 1. The molecule has 0 saturated heterocycles. The lowest BCUT2D eigenvalue weighted by Crippen LogP contribution is -2.18. The molecule has 0 spiro atoms. The lowest BCUT2D eigenvalue weighted by atomic mass is 10.2. The van der Waals surface area contributed by atoms with E-state index in [9.17, 15) is 4.79 Å². The molecule has 1 aliphatic rings. The molecular weight excluding hydrogens is 284 g/mol. The van der Waals surface area contributed by atoms with Crippen molar-refractivity contribution in [3.05, 3.63) is 48.4 Å². The standard InChI is InChI=1S/C15H12N4O3/c20-15(11-3-5-16-14-4-6-17-19(11)14)18-10-1-2-12-13(9-10)22-8-7-21-12/h1-6,9H,7-8H2,(H,18,20). The molecule has 0 radical (unpaired) electrons. The molecule has 3 aromatic rings. The predicted molar refractivity (Wildman–Crippen MR) is 78.4 cm³/mol. The molecule has 4 rings (SSSR count). The summed E-state index contributed by atoms with van der Waals surface area (Å²) < 4.78 is 12.5. The molecule has 3 heterocycles. The van der Waals surface area contributed by atoms with Gasteiger partial charge >= 0.3 is 0 Å². The highest BCUT2D eigenvalue weighted by atomic mass is 16.6. The molecular formula is C15H12N4O3. The molecule has 1 aliphatic heterocycles. The van der Waals surface area contributed by atoms with Crippen LogP contribution in [-0.4, -0.2) is 33.7 Å². The number of fused-ring (bicyclic) bond motifs is 2. The van der Waals surface area contributed by atoms with Crippen molar-refractivity contribution in [2.24, 2.45) is 0 Å². The number of hydrogen-bond donors (Lipinski definition) is 1. The van der Waals surface area contributed by atoms with Gasteiger partial charge in [-0.1, -0.05) is 0 Å². The summed E-state index contributed by atoms with van der Waals surface area (Å²) in [4.78, 5) is 16.6. The van der Waals surface area contributed by atoms with Gasteiger partial charge in [0.25, 0.3) is 5.91 Å². The minimum Gasteiger partial charge on any atom is -0.486 e. The third-order valence-electron chi connectivity index (χ3n) is 3.32. The smallest absolute Gasteiger partial charge is 0.274 e. The third-order valence-corrected chi connectivity index (χ3v) is 3.32. The maximum atomic E-state index is 12.4. The molecule has 0 saturated carbocycles. The zero-order valence-corrected chi connectivity index (χ0v) is 11.5. The summed E-state index contributed by atoms with van der Waals surface area (Å²) in [5, 5.41) is 6.93. The Bertz CT molecular complexity index is 859. The van der Waals surface area contributed by atoms with Crippen molar-refractivity contribution in [3.63, 3.8) is 0 Å². The van der Waals surface area contributed by atoms with Crippen LogP contribution >= 0.6 is 0 Å². The van der Waals surface area contributed by atoms with Gasteiger partial charge in [-0.15, -0.1) is 0 Å². The van der Waals surface area contributed by atoms with E-state index in [0.717, 1.165) is 0 Å². The Balaban J connectivity index is 1.63. The van der Waals surface area contributed by atoms with E-state index in [-0.39, 0.29) is 5.91 Å². The molecule has 1 amide bonds. The average Bonchev–Trinajstić information content (AvgIpc) is 3.03. The number of ether oxygens (including phenoxy) is 2. The monoisotopic (exact) mass is 296 g/mol. The van der Waals surface area contributed by atoms with Crippen LogP contribution in [0.3, 0.4) is 0 Å². The lowest BCUT2D eigenvalue weighted by Gasteiger charge is -2.19. The number of amides is 1. The fraction of sp³-hybridized carbons (Fsp3) is 0.133.